The van der Waals surface area contributed by atoms with E-state index in [1.54, 1.807) is 6.07 Å². The Morgan fingerprint density at radius 2 is 2.15 bits per heavy atom. The Morgan fingerprint density at radius 1 is 1.40 bits per heavy atom. The van der Waals surface area contributed by atoms with Gasteiger partial charge in [0.25, 0.3) is 0 Å². The van der Waals surface area contributed by atoms with Crippen molar-refractivity contribution in [1.82, 2.24) is 4.57 Å². The standard InChI is InChI=1S/C16H19N3O/c1-4-12(3)19-13(10-17)9-15(18)16(19)20-14-7-5-6-11(2)8-14/h5-9,12H,4,18H2,1-3H3/t12-/m0/s1. The van der Waals surface area contributed by atoms with Gasteiger partial charge in [0.05, 0.1) is 5.69 Å². The van der Waals surface area contributed by atoms with Gasteiger partial charge in [-0.2, -0.15) is 5.26 Å². The van der Waals surface area contributed by atoms with Crippen molar-refractivity contribution in [2.75, 3.05) is 5.73 Å². The highest BCUT2D eigenvalue weighted by atomic mass is 16.5. The lowest BCUT2D eigenvalue weighted by molar-refractivity contribution is 0.397. The summed E-state index contributed by atoms with van der Waals surface area (Å²) in [6.07, 6.45) is 0.896. The molecule has 104 valence electrons. The van der Waals surface area contributed by atoms with Crippen LogP contribution in [0.25, 0.3) is 0 Å². The minimum Gasteiger partial charge on any atom is -0.439 e. The first kappa shape index (κ1) is 14.0. The third kappa shape index (κ3) is 2.62. The van der Waals surface area contributed by atoms with Crippen LogP contribution in [0.15, 0.2) is 30.3 Å². The maximum Gasteiger partial charge on any atom is 0.224 e. The van der Waals surface area contributed by atoms with E-state index in [9.17, 15) is 5.26 Å². The number of aryl methyl sites for hydroxylation is 1. The van der Waals surface area contributed by atoms with Gasteiger partial charge >= 0.3 is 0 Å². The normalized spacial score (nSPS) is 11.9. The Balaban J connectivity index is 2.46. The van der Waals surface area contributed by atoms with Crippen LogP contribution in [0.5, 0.6) is 11.6 Å². The largest absolute Gasteiger partial charge is 0.439 e. The minimum absolute atomic E-state index is 0.154. The molecule has 0 aliphatic rings. The fourth-order valence-electron chi connectivity index (χ4n) is 2.13. The van der Waals surface area contributed by atoms with E-state index in [4.69, 9.17) is 10.5 Å². The summed E-state index contributed by atoms with van der Waals surface area (Å²) >= 11 is 0. The number of nitrogen functional groups attached to an aromatic ring is 1. The molecule has 0 amide bonds. The average molecular weight is 269 g/mol. The highest BCUT2D eigenvalue weighted by Gasteiger charge is 2.18. The number of hydrogen-bond acceptors (Lipinski definition) is 3. The molecule has 0 radical (unpaired) electrons. The molecule has 0 saturated carbocycles. The van der Waals surface area contributed by atoms with Gasteiger partial charge in [0.15, 0.2) is 0 Å². The Labute approximate surface area is 119 Å². The van der Waals surface area contributed by atoms with Gasteiger partial charge in [-0.25, -0.2) is 0 Å². The molecule has 2 N–H and O–H groups in total. The van der Waals surface area contributed by atoms with Gasteiger partial charge in [-0.05, 0) is 38.0 Å². The first-order valence-electron chi connectivity index (χ1n) is 6.72. The van der Waals surface area contributed by atoms with Crippen LogP contribution in [0.4, 0.5) is 5.69 Å². The quantitative estimate of drug-likeness (QED) is 0.911. The zero-order valence-electron chi connectivity index (χ0n) is 12.1. The molecule has 2 rings (SSSR count). The van der Waals surface area contributed by atoms with Crippen LogP contribution in [0.1, 0.15) is 37.6 Å². The Bertz CT molecular complexity index is 652. The number of nitrogens with zero attached hydrogens (tertiary/aromatic N) is 2. The van der Waals surface area contributed by atoms with Gasteiger partial charge in [0, 0.05) is 12.1 Å². The van der Waals surface area contributed by atoms with E-state index in [2.05, 4.69) is 13.0 Å². The van der Waals surface area contributed by atoms with Gasteiger partial charge in [0.2, 0.25) is 5.88 Å². The number of anilines is 1. The maximum absolute atomic E-state index is 9.23. The molecule has 4 nitrogen and oxygen atoms in total. The molecule has 0 bridgehead atoms. The van der Waals surface area contributed by atoms with Gasteiger partial charge in [-0.1, -0.05) is 19.1 Å². The van der Waals surface area contributed by atoms with E-state index in [-0.39, 0.29) is 6.04 Å². The summed E-state index contributed by atoms with van der Waals surface area (Å²) in [4.78, 5) is 0. The van der Waals surface area contributed by atoms with Crippen molar-refractivity contribution in [3.8, 4) is 17.7 Å². The molecule has 0 aliphatic carbocycles. The fourth-order valence-corrected chi connectivity index (χ4v) is 2.13. The summed E-state index contributed by atoms with van der Waals surface area (Å²) in [5, 5.41) is 9.23. The first-order chi connectivity index (χ1) is 9.56. The van der Waals surface area contributed by atoms with Crippen LogP contribution in [-0.2, 0) is 0 Å². The number of ether oxygens (including phenoxy) is 1. The molecule has 0 saturated heterocycles. The topological polar surface area (TPSA) is 64.0 Å². The van der Waals surface area contributed by atoms with Crippen molar-refractivity contribution < 1.29 is 4.74 Å². The predicted molar refractivity (Wildman–Crippen MR) is 79.8 cm³/mol. The zero-order chi connectivity index (χ0) is 14.7. The molecule has 0 aliphatic heterocycles. The number of hydrogen-bond donors (Lipinski definition) is 1. The van der Waals surface area contributed by atoms with Crippen molar-refractivity contribution in [2.24, 2.45) is 0 Å². The van der Waals surface area contributed by atoms with Crippen LogP contribution >= 0.6 is 0 Å². The average Bonchev–Trinajstić information content (AvgIpc) is 2.74. The second kappa shape index (κ2) is 5.70. The number of rotatable bonds is 4. The number of aromatic nitrogens is 1. The number of nitrogens with two attached hydrogens (primary N) is 1. The lowest BCUT2D eigenvalue weighted by Crippen LogP contribution is -2.08. The number of nitriles is 1. The van der Waals surface area contributed by atoms with Crippen LogP contribution in [0.3, 0.4) is 0 Å². The molecule has 1 aromatic heterocycles. The number of benzene rings is 1. The van der Waals surface area contributed by atoms with Crippen LogP contribution < -0.4 is 10.5 Å². The van der Waals surface area contributed by atoms with E-state index in [0.29, 0.717) is 17.3 Å². The molecule has 20 heavy (non-hydrogen) atoms. The van der Waals surface area contributed by atoms with E-state index in [0.717, 1.165) is 17.7 Å². The molecule has 0 spiro atoms. The van der Waals surface area contributed by atoms with Crippen molar-refractivity contribution in [3.63, 3.8) is 0 Å². The van der Waals surface area contributed by atoms with Crippen LogP contribution in [-0.4, -0.2) is 4.57 Å². The van der Waals surface area contributed by atoms with E-state index >= 15 is 0 Å². The maximum atomic E-state index is 9.23. The molecule has 0 fully saturated rings. The summed E-state index contributed by atoms with van der Waals surface area (Å²) in [7, 11) is 0. The monoisotopic (exact) mass is 269 g/mol. The first-order valence-corrected chi connectivity index (χ1v) is 6.72. The third-order valence-electron chi connectivity index (χ3n) is 3.37. The fraction of sp³-hybridized carbons (Fsp3) is 0.312. The van der Waals surface area contributed by atoms with Gasteiger partial charge in [0.1, 0.15) is 17.5 Å². The Morgan fingerprint density at radius 3 is 2.75 bits per heavy atom. The SMILES string of the molecule is CC[C@H](C)n1c(C#N)cc(N)c1Oc1cccc(C)c1. The summed E-state index contributed by atoms with van der Waals surface area (Å²) in [5.41, 5.74) is 8.13. The highest BCUT2D eigenvalue weighted by molar-refractivity contribution is 5.56. The third-order valence-corrected chi connectivity index (χ3v) is 3.37. The highest BCUT2D eigenvalue weighted by Crippen LogP contribution is 2.34. The van der Waals surface area contributed by atoms with Crippen LogP contribution in [0.2, 0.25) is 0 Å². The summed E-state index contributed by atoms with van der Waals surface area (Å²) in [5.74, 6) is 1.27. The summed E-state index contributed by atoms with van der Waals surface area (Å²) < 4.78 is 7.77. The smallest absolute Gasteiger partial charge is 0.224 e. The van der Waals surface area contributed by atoms with Crippen LogP contribution in [0, 0.1) is 18.3 Å². The molecule has 4 heteroatoms. The van der Waals surface area contributed by atoms with Crippen molar-refractivity contribution in [3.05, 3.63) is 41.6 Å². The Kier molecular flexibility index (Phi) is 3.99. The van der Waals surface area contributed by atoms with Crippen molar-refractivity contribution in [1.29, 1.82) is 5.26 Å². The molecule has 0 unspecified atom stereocenters. The lowest BCUT2D eigenvalue weighted by atomic mass is 10.2. The molecule has 2 aromatic rings. The summed E-state index contributed by atoms with van der Waals surface area (Å²) in [6, 6.07) is 11.8. The molecule has 1 atom stereocenters. The second-order valence-corrected chi connectivity index (χ2v) is 4.95. The van der Waals surface area contributed by atoms with Gasteiger partial charge < -0.3 is 10.5 Å². The van der Waals surface area contributed by atoms with Crippen molar-refractivity contribution >= 4 is 5.69 Å². The minimum atomic E-state index is 0.154. The predicted octanol–water partition coefficient (Wildman–Crippen LogP) is 4.01. The molecule has 1 aromatic carbocycles. The second-order valence-electron chi connectivity index (χ2n) is 4.95. The molecule has 1 heterocycles. The zero-order valence-corrected chi connectivity index (χ0v) is 12.1. The van der Waals surface area contributed by atoms with E-state index in [1.165, 1.54) is 0 Å². The lowest BCUT2D eigenvalue weighted by Gasteiger charge is -2.17. The van der Waals surface area contributed by atoms with Gasteiger partial charge in [-0.15, -0.1) is 0 Å². The Hall–Kier alpha value is -2.41. The molecular weight excluding hydrogens is 250 g/mol. The van der Waals surface area contributed by atoms with E-state index < -0.39 is 0 Å². The van der Waals surface area contributed by atoms with E-state index in [1.807, 2.05) is 42.7 Å². The summed E-state index contributed by atoms with van der Waals surface area (Å²) in [6.45, 7) is 6.12. The van der Waals surface area contributed by atoms with Crippen molar-refractivity contribution in [2.45, 2.75) is 33.2 Å². The van der Waals surface area contributed by atoms with Gasteiger partial charge in [-0.3, -0.25) is 4.57 Å². The molecular formula is C16H19N3O.